The zero-order chi connectivity index (χ0) is 12.3. The number of halogens is 4. The molecule has 0 radical (unpaired) electrons. The predicted molar refractivity (Wildman–Crippen MR) is 58.7 cm³/mol. The molecule has 1 aromatic rings. The van der Waals surface area contributed by atoms with Crippen molar-refractivity contribution in [2.45, 2.75) is 12.7 Å². The predicted octanol–water partition coefficient (Wildman–Crippen LogP) is 2.80. The zero-order valence-electron chi connectivity index (χ0n) is 8.68. The Balaban J connectivity index is 2.99. The maximum Gasteiger partial charge on any atom is 0.405 e. The number of benzene rings is 1. The monoisotopic (exact) mass is 252 g/mol. The Morgan fingerprint density at radius 2 is 2.00 bits per heavy atom. The van der Waals surface area contributed by atoms with Crippen LogP contribution >= 0.6 is 11.6 Å². The minimum absolute atomic E-state index is 0.108. The first-order valence-electron chi connectivity index (χ1n) is 4.60. The van der Waals surface area contributed by atoms with Crippen LogP contribution in [0.1, 0.15) is 5.56 Å². The van der Waals surface area contributed by atoms with Crippen molar-refractivity contribution in [1.82, 2.24) is 0 Å². The van der Waals surface area contributed by atoms with Crippen molar-refractivity contribution >= 4 is 17.3 Å². The number of hydrogen-bond acceptors (Lipinski definition) is 2. The van der Waals surface area contributed by atoms with Gasteiger partial charge in [0.15, 0.2) is 0 Å². The van der Waals surface area contributed by atoms with Crippen LogP contribution in [0.25, 0.3) is 0 Å². The summed E-state index contributed by atoms with van der Waals surface area (Å²) in [5.41, 5.74) is 6.39. The standard InChI is InChI=1S/C10H12ClF3N2/c1-16(6-10(12,13)14)9-4-2-3-8(11)7(9)5-15/h2-4H,5-6,15H2,1H3. The molecule has 0 atom stereocenters. The number of nitrogens with two attached hydrogens (primary N) is 1. The van der Waals surface area contributed by atoms with E-state index in [-0.39, 0.29) is 6.54 Å². The molecule has 0 aromatic heterocycles. The lowest BCUT2D eigenvalue weighted by Crippen LogP contribution is -2.31. The molecule has 0 bridgehead atoms. The van der Waals surface area contributed by atoms with Crippen LogP contribution in [0.2, 0.25) is 5.02 Å². The molecular weight excluding hydrogens is 241 g/mol. The van der Waals surface area contributed by atoms with Crippen molar-refractivity contribution in [2.24, 2.45) is 5.73 Å². The fraction of sp³-hybridized carbons (Fsp3) is 0.400. The fourth-order valence-corrected chi connectivity index (χ4v) is 1.71. The molecule has 0 aliphatic heterocycles. The summed E-state index contributed by atoms with van der Waals surface area (Å²) in [6, 6.07) is 4.78. The SMILES string of the molecule is CN(CC(F)(F)F)c1cccc(Cl)c1CN. The van der Waals surface area contributed by atoms with E-state index in [4.69, 9.17) is 17.3 Å². The summed E-state index contributed by atoms with van der Waals surface area (Å²) >= 11 is 5.86. The summed E-state index contributed by atoms with van der Waals surface area (Å²) < 4.78 is 36.7. The highest BCUT2D eigenvalue weighted by Gasteiger charge is 2.30. The summed E-state index contributed by atoms with van der Waals surface area (Å²) in [5, 5.41) is 0.383. The van der Waals surface area contributed by atoms with E-state index in [2.05, 4.69) is 0 Å². The topological polar surface area (TPSA) is 29.3 Å². The molecule has 2 nitrogen and oxygen atoms in total. The van der Waals surface area contributed by atoms with Crippen molar-refractivity contribution in [1.29, 1.82) is 0 Å². The molecular formula is C10H12ClF3N2. The Labute approximate surface area is 96.8 Å². The Bertz CT molecular complexity index is 366. The van der Waals surface area contributed by atoms with Crippen LogP contribution < -0.4 is 10.6 Å². The Morgan fingerprint density at radius 3 is 2.50 bits per heavy atom. The molecule has 90 valence electrons. The van der Waals surface area contributed by atoms with Crippen molar-refractivity contribution in [2.75, 3.05) is 18.5 Å². The maximum absolute atomic E-state index is 12.2. The quantitative estimate of drug-likeness (QED) is 0.896. The lowest BCUT2D eigenvalue weighted by Gasteiger charge is -2.23. The number of hydrogen-bond donors (Lipinski definition) is 1. The molecule has 1 rings (SSSR count). The van der Waals surface area contributed by atoms with Gasteiger partial charge < -0.3 is 10.6 Å². The van der Waals surface area contributed by atoms with Gasteiger partial charge in [0.1, 0.15) is 6.54 Å². The van der Waals surface area contributed by atoms with E-state index in [1.54, 1.807) is 18.2 Å². The summed E-state index contributed by atoms with van der Waals surface area (Å²) in [7, 11) is 1.36. The first-order valence-corrected chi connectivity index (χ1v) is 4.98. The molecule has 0 saturated heterocycles. The molecule has 6 heteroatoms. The third-order valence-corrected chi connectivity index (χ3v) is 2.48. The minimum Gasteiger partial charge on any atom is -0.365 e. The molecule has 0 aliphatic rings. The van der Waals surface area contributed by atoms with E-state index < -0.39 is 12.7 Å². The van der Waals surface area contributed by atoms with E-state index in [9.17, 15) is 13.2 Å². The highest BCUT2D eigenvalue weighted by atomic mass is 35.5. The van der Waals surface area contributed by atoms with E-state index >= 15 is 0 Å². The zero-order valence-corrected chi connectivity index (χ0v) is 9.44. The van der Waals surface area contributed by atoms with Crippen molar-refractivity contribution < 1.29 is 13.2 Å². The van der Waals surface area contributed by atoms with Gasteiger partial charge in [-0.15, -0.1) is 0 Å². The molecule has 0 amide bonds. The first kappa shape index (κ1) is 13.1. The van der Waals surface area contributed by atoms with Gasteiger partial charge in [0.25, 0.3) is 0 Å². The Hall–Kier alpha value is -0.940. The third-order valence-electron chi connectivity index (χ3n) is 2.13. The van der Waals surface area contributed by atoms with Crippen LogP contribution in [0.4, 0.5) is 18.9 Å². The summed E-state index contributed by atoms with van der Waals surface area (Å²) in [4.78, 5) is 1.09. The highest BCUT2D eigenvalue weighted by molar-refractivity contribution is 6.31. The van der Waals surface area contributed by atoms with Crippen LogP contribution in [0.5, 0.6) is 0 Å². The van der Waals surface area contributed by atoms with Gasteiger partial charge in [-0.1, -0.05) is 17.7 Å². The molecule has 0 heterocycles. The van der Waals surface area contributed by atoms with Crippen LogP contribution in [-0.4, -0.2) is 19.8 Å². The molecule has 2 N–H and O–H groups in total. The molecule has 0 saturated carbocycles. The second kappa shape index (κ2) is 4.93. The van der Waals surface area contributed by atoms with Crippen molar-refractivity contribution in [3.05, 3.63) is 28.8 Å². The van der Waals surface area contributed by atoms with Crippen LogP contribution in [0, 0.1) is 0 Å². The van der Waals surface area contributed by atoms with Gasteiger partial charge in [-0.25, -0.2) is 0 Å². The van der Waals surface area contributed by atoms with E-state index in [1.165, 1.54) is 7.05 Å². The Kier molecular flexibility index (Phi) is 4.04. The third kappa shape index (κ3) is 3.28. The smallest absolute Gasteiger partial charge is 0.365 e. The van der Waals surface area contributed by atoms with Crippen LogP contribution in [-0.2, 0) is 6.54 Å². The average Bonchev–Trinajstić information content (AvgIpc) is 2.14. The number of alkyl halides is 3. The second-order valence-corrected chi connectivity index (χ2v) is 3.82. The Morgan fingerprint density at radius 1 is 1.38 bits per heavy atom. The molecule has 1 aromatic carbocycles. The maximum atomic E-state index is 12.2. The van der Waals surface area contributed by atoms with Crippen LogP contribution in [0.3, 0.4) is 0 Å². The largest absolute Gasteiger partial charge is 0.405 e. The van der Waals surface area contributed by atoms with Crippen molar-refractivity contribution in [3.8, 4) is 0 Å². The molecule has 0 unspecified atom stereocenters. The van der Waals surface area contributed by atoms with Gasteiger partial charge >= 0.3 is 6.18 Å². The first-order chi connectivity index (χ1) is 7.35. The average molecular weight is 253 g/mol. The normalized spacial score (nSPS) is 11.6. The van der Waals surface area contributed by atoms with Gasteiger partial charge in [-0.05, 0) is 12.1 Å². The summed E-state index contributed by atoms with van der Waals surface area (Å²) in [6.07, 6.45) is -4.25. The van der Waals surface area contributed by atoms with Gasteiger partial charge in [0, 0.05) is 29.9 Å². The number of nitrogens with zero attached hydrogens (tertiary/aromatic N) is 1. The van der Waals surface area contributed by atoms with Gasteiger partial charge in [0.05, 0.1) is 0 Å². The fourth-order valence-electron chi connectivity index (χ4n) is 1.46. The highest BCUT2D eigenvalue weighted by Crippen LogP contribution is 2.28. The van der Waals surface area contributed by atoms with Crippen molar-refractivity contribution in [3.63, 3.8) is 0 Å². The van der Waals surface area contributed by atoms with Crippen LogP contribution in [0.15, 0.2) is 18.2 Å². The minimum atomic E-state index is -4.25. The summed E-state index contributed by atoms with van der Waals surface area (Å²) in [5.74, 6) is 0. The second-order valence-electron chi connectivity index (χ2n) is 3.41. The number of rotatable bonds is 3. The van der Waals surface area contributed by atoms with E-state index in [1.807, 2.05) is 0 Å². The van der Waals surface area contributed by atoms with Gasteiger partial charge in [-0.3, -0.25) is 0 Å². The number of anilines is 1. The molecule has 16 heavy (non-hydrogen) atoms. The van der Waals surface area contributed by atoms with Gasteiger partial charge in [-0.2, -0.15) is 13.2 Å². The summed E-state index contributed by atoms with van der Waals surface area (Å²) in [6.45, 7) is -0.919. The molecule has 0 fully saturated rings. The molecule has 0 spiro atoms. The van der Waals surface area contributed by atoms with E-state index in [0.29, 0.717) is 16.3 Å². The van der Waals surface area contributed by atoms with Gasteiger partial charge in [0.2, 0.25) is 0 Å². The lowest BCUT2D eigenvalue weighted by molar-refractivity contribution is -0.119. The van der Waals surface area contributed by atoms with E-state index in [0.717, 1.165) is 4.90 Å². The molecule has 0 aliphatic carbocycles. The lowest BCUT2D eigenvalue weighted by atomic mass is 10.1.